The van der Waals surface area contributed by atoms with E-state index in [1.807, 2.05) is 0 Å². The highest BCUT2D eigenvalue weighted by Crippen LogP contribution is 2.08. The first-order valence-electron chi connectivity index (χ1n) is 4.47. The van der Waals surface area contributed by atoms with Gasteiger partial charge in [0.05, 0.1) is 6.54 Å². The van der Waals surface area contributed by atoms with E-state index in [4.69, 9.17) is 16.3 Å². The lowest BCUT2D eigenvalue weighted by molar-refractivity contribution is 0.167. The van der Waals surface area contributed by atoms with E-state index < -0.39 is 0 Å². The maximum atomic E-state index is 11.0. The van der Waals surface area contributed by atoms with E-state index in [0.717, 1.165) is 5.56 Å². The molecular weight excluding hydrogens is 214 g/mol. The smallest absolute Gasteiger partial charge is 0.421 e. The van der Waals surface area contributed by atoms with Crippen LogP contribution in [0.5, 0.6) is 0 Å². The summed E-state index contributed by atoms with van der Waals surface area (Å²) < 4.78 is 4.74. The first-order chi connectivity index (χ1) is 7.25. The van der Waals surface area contributed by atoms with Crippen LogP contribution in [0, 0.1) is 12.0 Å². The number of rotatable bonds is 0. The quantitative estimate of drug-likeness (QED) is 0.628. The molecule has 0 saturated carbocycles. The number of benzene rings is 1. The van der Waals surface area contributed by atoms with Crippen LogP contribution in [0.15, 0.2) is 24.3 Å². The van der Waals surface area contributed by atoms with Crippen molar-refractivity contribution in [3.8, 4) is 12.0 Å². The van der Waals surface area contributed by atoms with E-state index in [-0.39, 0.29) is 6.09 Å². The molecule has 0 aromatic heterocycles. The molecule has 1 aliphatic rings. The first-order valence-corrected chi connectivity index (χ1v) is 4.85. The number of carbonyl (C=O) groups excluding carboxylic acids is 1. The van der Waals surface area contributed by atoms with Gasteiger partial charge in [0.2, 0.25) is 0 Å². The van der Waals surface area contributed by atoms with E-state index in [1.165, 1.54) is 4.90 Å². The molecule has 76 valence electrons. The third kappa shape index (κ3) is 2.42. The van der Waals surface area contributed by atoms with Gasteiger partial charge in [0, 0.05) is 16.6 Å². The van der Waals surface area contributed by atoms with Crippen molar-refractivity contribution >= 4 is 17.7 Å². The predicted molar refractivity (Wildman–Crippen MR) is 56.4 cm³/mol. The fourth-order valence-corrected chi connectivity index (χ4v) is 1.29. The number of hydrogen-bond acceptors (Lipinski definition) is 2. The number of nitrogens with zero attached hydrogens (tertiary/aromatic N) is 1. The topological polar surface area (TPSA) is 29.5 Å². The number of hydrogen-bond donors (Lipinski definition) is 0. The zero-order valence-electron chi connectivity index (χ0n) is 7.87. The number of ether oxygens (including phenoxy) is 1. The van der Waals surface area contributed by atoms with Crippen LogP contribution in [0.3, 0.4) is 0 Å². The standard InChI is InChI=1S/C11H8ClNO2/c12-10-3-1-9(2-4-10)5-6-13-7-8-15-11(13)14/h1-4H,7-8H2. The van der Waals surface area contributed by atoms with Crippen molar-refractivity contribution in [3.63, 3.8) is 0 Å². The summed E-state index contributed by atoms with van der Waals surface area (Å²) in [4.78, 5) is 12.4. The molecule has 1 aromatic carbocycles. The molecule has 15 heavy (non-hydrogen) atoms. The molecule has 0 N–H and O–H groups in total. The van der Waals surface area contributed by atoms with Gasteiger partial charge in [0.1, 0.15) is 6.61 Å². The van der Waals surface area contributed by atoms with Crippen molar-refractivity contribution in [1.29, 1.82) is 0 Å². The Labute approximate surface area is 92.6 Å². The van der Waals surface area contributed by atoms with Gasteiger partial charge in [0.25, 0.3) is 0 Å². The molecule has 0 atom stereocenters. The lowest BCUT2D eigenvalue weighted by Crippen LogP contribution is -2.17. The fraction of sp³-hybridized carbons (Fsp3) is 0.182. The van der Waals surface area contributed by atoms with E-state index in [9.17, 15) is 4.79 Å². The highest BCUT2D eigenvalue weighted by atomic mass is 35.5. The Morgan fingerprint density at radius 3 is 2.67 bits per heavy atom. The summed E-state index contributed by atoms with van der Waals surface area (Å²) in [6.07, 6.45) is -0.378. The molecule has 4 heteroatoms. The minimum atomic E-state index is -0.378. The molecule has 1 aromatic rings. The average molecular weight is 222 g/mol. The molecule has 0 spiro atoms. The summed E-state index contributed by atoms with van der Waals surface area (Å²) in [5.74, 6) is 2.86. The largest absolute Gasteiger partial charge is 0.447 e. The van der Waals surface area contributed by atoms with Gasteiger partial charge in [-0.3, -0.25) is 0 Å². The van der Waals surface area contributed by atoms with Crippen LogP contribution in [0.25, 0.3) is 0 Å². The number of carbonyl (C=O) groups is 1. The summed E-state index contributed by atoms with van der Waals surface area (Å²) in [5, 5.41) is 0.668. The molecule has 0 unspecified atom stereocenters. The SMILES string of the molecule is O=C1OCCN1C#Cc1ccc(Cl)cc1. The van der Waals surface area contributed by atoms with E-state index >= 15 is 0 Å². The molecular formula is C11H8ClNO2. The Morgan fingerprint density at radius 1 is 1.33 bits per heavy atom. The summed E-state index contributed by atoms with van der Waals surface area (Å²) >= 11 is 5.73. The fourth-order valence-electron chi connectivity index (χ4n) is 1.16. The molecule has 0 radical (unpaired) electrons. The van der Waals surface area contributed by atoms with Gasteiger partial charge < -0.3 is 4.74 Å². The molecule has 1 aliphatic heterocycles. The van der Waals surface area contributed by atoms with Crippen molar-refractivity contribution in [1.82, 2.24) is 4.90 Å². The van der Waals surface area contributed by atoms with Crippen LogP contribution in [-0.4, -0.2) is 24.1 Å². The average Bonchev–Trinajstić information content (AvgIpc) is 2.63. The zero-order valence-corrected chi connectivity index (χ0v) is 8.62. The summed E-state index contributed by atoms with van der Waals surface area (Å²) in [7, 11) is 0. The third-order valence-corrected chi connectivity index (χ3v) is 2.19. The Bertz CT molecular complexity index is 430. The predicted octanol–water partition coefficient (Wildman–Crippen LogP) is 2.10. The van der Waals surface area contributed by atoms with Crippen LogP contribution >= 0.6 is 11.6 Å². The molecule has 1 saturated heterocycles. The molecule has 0 bridgehead atoms. The summed E-state index contributed by atoms with van der Waals surface area (Å²) in [5.41, 5.74) is 0.819. The van der Waals surface area contributed by atoms with Crippen LogP contribution in [-0.2, 0) is 4.74 Å². The second-order valence-corrected chi connectivity index (χ2v) is 3.45. The van der Waals surface area contributed by atoms with Crippen LogP contribution in [0.1, 0.15) is 5.56 Å². The zero-order chi connectivity index (χ0) is 10.7. The van der Waals surface area contributed by atoms with Crippen LogP contribution < -0.4 is 0 Å². The van der Waals surface area contributed by atoms with Gasteiger partial charge in [-0.15, -0.1) is 0 Å². The highest BCUT2D eigenvalue weighted by Gasteiger charge is 2.19. The molecule has 1 amide bonds. The minimum absolute atomic E-state index is 0.378. The Balaban J connectivity index is 2.11. The van der Waals surface area contributed by atoms with Gasteiger partial charge >= 0.3 is 6.09 Å². The monoisotopic (exact) mass is 221 g/mol. The number of amides is 1. The first kappa shape index (κ1) is 9.88. The lowest BCUT2D eigenvalue weighted by Gasteiger charge is -1.99. The molecule has 1 heterocycles. The molecule has 0 aliphatic carbocycles. The summed E-state index contributed by atoms with van der Waals surface area (Å²) in [6.45, 7) is 0.938. The molecule has 1 fully saturated rings. The summed E-state index contributed by atoms with van der Waals surface area (Å²) in [6, 6.07) is 9.85. The van der Waals surface area contributed by atoms with Crippen LogP contribution in [0.2, 0.25) is 5.02 Å². The van der Waals surface area contributed by atoms with Gasteiger partial charge in [0.15, 0.2) is 0 Å². The normalized spacial score (nSPS) is 14.5. The van der Waals surface area contributed by atoms with Crippen molar-refractivity contribution in [3.05, 3.63) is 34.9 Å². The number of cyclic esters (lactones) is 1. The highest BCUT2D eigenvalue weighted by molar-refractivity contribution is 6.30. The Morgan fingerprint density at radius 2 is 2.07 bits per heavy atom. The Hall–Kier alpha value is -1.66. The van der Waals surface area contributed by atoms with Gasteiger partial charge in [-0.05, 0) is 30.2 Å². The lowest BCUT2D eigenvalue weighted by atomic mass is 10.2. The van der Waals surface area contributed by atoms with E-state index in [1.54, 1.807) is 24.3 Å². The van der Waals surface area contributed by atoms with E-state index in [0.29, 0.717) is 18.2 Å². The maximum absolute atomic E-state index is 11.0. The van der Waals surface area contributed by atoms with Crippen molar-refractivity contribution in [2.75, 3.05) is 13.2 Å². The maximum Gasteiger partial charge on any atom is 0.421 e. The van der Waals surface area contributed by atoms with Gasteiger partial charge in [-0.2, -0.15) is 0 Å². The minimum Gasteiger partial charge on any atom is -0.447 e. The number of halogens is 1. The second-order valence-electron chi connectivity index (χ2n) is 3.01. The van der Waals surface area contributed by atoms with Gasteiger partial charge in [-0.25, -0.2) is 9.69 Å². The van der Waals surface area contributed by atoms with Crippen molar-refractivity contribution in [2.24, 2.45) is 0 Å². The second kappa shape index (κ2) is 4.24. The van der Waals surface area contributed by atoms with E-state index in [2.05, 4.69) is 12.0 Å². The molecule has 2 rings (SSSR count). The van der Waals surface area contributed by atoms with Crippen LogP contribution in [0.4, 0.5) is 4.79 Å². The third-order valence-electron chi connectivity index (χ3n) is 1.94. The Kier molecular flexibility index (Phi) is 2.79. The molecule has 3 nitrogen and oxygen atoms in total. The van der Waals surface area contributed by atoms with Gasteiger partial charge in [-0.1, -0.05) is 11.6 Å². The van der Waals surface area contributed by atoms with Crippen molar-refractivity contribution < 1.29 is 9.53 Å². The van der Waals surface area contributed by atoms with Crippen molar-refractivity contribution in [2.45, 2.75) is 0 Å².